The summed E-state index contributed by atoms with van der Waals surface area (Å²) in [5, 5.41) is 17.6. The Hall–Kier alpha value is -3.56. The monoisotopic (exact) mass is 438 g/mol. The first-order valence-electron chi connectivity index (χ1n) is 10.7. The van der Waals surface area contributed by atoms with E-state index < -0.39 is 5.97 Å². The van der Waals surface area contributed by atoms with E-state index in [1.807, 2.05) is 25.1 Å². The van der Waals surface area contributed by atoms with Gasteiger partial charge >= 0.3 is 5.97 Å². The zero-order valence-corrected chi connectivity index (χ0v) is 18.1. The molecule has 3 aromatic rings. The third-order valence-corrected chi connectivity index (χ3v) is 5.62. The molecule has 3 heterocycles. The van der Waals surface area contributed by atoms with Gasteiger partial charge in [0, 0.05) is 18.8 Å². The van der Waals surface area contributed by atoms with E-state index in [1.54, 1.807) is 17.9 Å². The second-order valence-corrected chi connectivity index (χ2v) is 7.82. The quantitative estimate of drug-likeness (QED) is 0.565. The SMILES string of the molecule is CCc1cc(OCc2c(-c3ccc(O[C@H]4CCC[C@H](C(=O)O)C4)cn3)nnn2C)ncn1. The smallest absolute Gasteiger partial charge is 0.306 e. The molecule has 1 fully saturated rings. The summed E-state index contributed by atoms with van der Waals surface area (Å²) in [7, 11) is 1.80. The number of carboxylic acids is 1. The van der Waals surface area contributed by atoms with Gasteiger partial charge in [-0.3, -0.25) is 9.78 Å². The molecule has 0 aromatic carbocycles. The van der Waals surface area contributed by atoms with Crippen LogP contribution in [0, 0.1) is 5.92 Å². The number of pyridine rings is 1. The van der Waals surface area contributed by atoms with E-state index in [0.29, 0.717) is 35.9 Å². The Morgan fingerprint density at radius 1 is 1.25 bits per heavy atom. The molecular weight excluding hydrogens is 412 g/mol. The first-order chi connectivity index (χ1) is 15.5. The third kappa shape index (κ3) is 5.01. The summed E-state index contributed by atoms with van der Waals surface area (Å²) in [5.41, 5.74) is 2.93. The first-order valence-corrected chi connectivity index (χ1v) is 10.7. The Morgan fingerprint density at radius 3 is 2.88 bits per heavy atom. The van der Waals surface area contributed by atoms with Crippen LogP contribution in [0.25, 0.3) is 11.4 Å². The fourth-order valence-electron chi connectivity index (χ4n) is 3.79. The van der Waals surface area contributed by atoms with Crippen LogP contribution in [0.3, 0.4) is 0 Å². The van der Waals surface area contributed by atoms with Gasteiger partial charge in [0.2, 0.25) is 5.88 Å². The maximum Gasteiger partial charge on any atom is 0.306 e. The van der Waals surface area contributed by atoms with Crippen molar-refractivity contribution in [1.29, 1.82) is 0 Å². The van der Waals surface area contributed by atoms with Crippen LogP contribution in [-0.2, 0) is 24.9 Å². The fourth-order valence-corrected chi connectivity index (χ4v) is 3.79. The highest BCUT2D eigenvalue weighted by atomic mass is 16.5. The highest BCUT2D eigenvalue weighted by molar-refractivity contribution is 5.70. The fraction of sp³-hybridized carbons (Fsp3) is 0.455. The number of nitrogens with zero attached hydrogens (tertiary/aromatic N) is 6. The van der Waals surface area contributed by atoms with Crippen LogP contribution in [0.4, 0.5) is 0 Å². The van der Waals surface area contributed by atoms with E-state index in [4.69, 9.17) is 9.47 Å². The molecule has 3 aromatic heterocycles. The lowest BCUT2D eigenvalue weighted by Crippen LogP contribution is -2.29. The lowest BCUT2D eigenvalue weighted by Gasteiger charge is -2.27. The van der Waals surface area contributed by atoms with Crippen LogP contribution in [0.1, 0.15) is 44.0 Å². The normalized spacial score (nSPS) is 18.3. The minimum absolute atomic E-state index is 0.112. The van der Waals surface area contributed by atoms with Crippen molar-refractivity contribution in [2.45, 2.75) is 51.7 Å². The molecule has 0 spiro atoms. The zero-order chi connectivity index (χ0) is 22.5. The minimum Gasteiger partial charge on any atom is -0.489 e. The number of hydrogen-bond acceptors (Lipinski definition) is 8. The standard InChI is InChI=1S/C22H26N6O4/c1-3-15-10-20(25-13-24-15)31-12-19-21(26-27-28(19)2)18-8-7-17(11-23-18)32-16-6-4-5-14(9-16)22(29)30/h7-8,10-11,13-14,16H,3-6,9,12H2,1-2H3,(H,29,30)/t14-,16-/m0/s1. The molecule has 4 rings (SSSR count). The van der Waals surface area contributed by atoms with Crippen LogP contribution in [0.15, 0.2) is 30.7 Å². The molecule has 2 atom stereocenters. The van der Waals surface area contributed by atoms with Gasteiger partial charge in [-0.1, -0.05) is 12.1 Å². The van der Waals surface area contributed by atoms with Crippen molar-refractivity contribution in [3.8, 4) is 23.0 Å². The van der Waals surface area contributed by atoms with Crippen LogP contribution < -0.4 is 9.47 Å². The molecule has 1 N–H and O–H groups in total. The molecule has 10 heteroatoms. The minimum atomic E-state index is -0.753. The number of aliphatic carboxylic acids is 1. The lowest BCUT2D eigenvalue weighted by molar-refractivity contribution is -0.143. The third-order valence-electron chi connectivity index (χ3n) is 5.62. The Balaban J connectivity index is 1.43. The predicted molar refractivity (Wildman–Crippen MR) is 114 cm³/mol. The van der Waals surface area contributed by atoms with Crippen LogP contribution >= 0.6 is 0 Å². The number of aryl methyl sites for hydroxylation is 2. The predicted octanol–water partition coefficient (Wildman–Crippen LogP) is 2.83. The number of carbonyl (C=O) groups is 1. The van der Waals surface area contributed by atoms with Crippen molar-refractivity contribution in [2.24, 2.45) is 13.0 Å². The number of aromatic nitrogens is 6. The van der Waals surface area contributed by atoms with Crippen LogP contribution in [0.5, 0.6) is 11.6 Å². The highest BCUT2D eigenvalue weighted by Crippen LogP contribution is 2.29. The maximum absolute atomic E-state index is 11.3. The zero-order valence-electron chi connectivity index (χ0n) is 18.1. The van der Waals surface area contributed by atoms with E-state index >= 15 is 0 Å². The van der Waals surface area contributed by atoms with Gasteiger partial charge in [-0.2, -0.15) is 0 Å². The van der Waals surface area contributed by atoms with Crippen molar-refractivity contribution >= 4 is 5.97 Å². The average molecular weight is 438 g/mol. The molecule has 0 aliphatic heterocycles. The van der Waals surface area contributed by atoms with Gasteiger partial charge in [0.1, 0.15) is 30.1 Å². The lowest BCUT2D eigenvalue weighted by atomic mass is 9.87. The largest absolute Gasteiger partial charge is 0.489 e. The Morgan fingerprint density at radius 2 is 2.12 bits per heavy atom. The van der Waals surface area contributed by atoms with Gasteiger partial charge in [0.15, 0.2) is 0 Å². The molecule has 1 saturated carbocycles. The summed E-state index contributed by atoms with van der Waals surface area (Å²) >= 11 is 0. The Bertz CT molecular complexity index is 1070. The van der Waals surface area contributed by atoms with E-state index in [2.05, 4.69) is 25.3 Å². The topological polar surface area (TPSA) is 125 Å². The van der Waals surface area contributed by atoms with E-state index in [-0.39, 0.29) is 18.6 Å². The van der Waals surface area contributed by atoms with Gasteiger partial charge in [-0.05, 0) is 44.2 Å². The second kappa shape index (κ2) is 9.71. The number of hydrogen-bond donors (Lipinski definition) is 1. The molecule has 0 radical (unpaired) electrons. The summed E-state index contributed by atoms with van der Waals surface area (Å²) in [6.45, 7) is 2.25. The van der Waals surface area contributed by atoms with Gasteiger partial charge in [0.25, 0.3) is 0 Å². The molecular formula is C22H26N6O4. The summed E-state index contributed by atoms with van der Waals surface area (Å²) in [6.07, 6.45) is 6.73. The summed E-state index contributed by atoms with van der Waals surface area (Å²) in [6, 6.07) is 5.46. The van der Waals surface area contributed by atoms with Gasteiger partial charge in [0.05, 0.1) is 23.9 Å². The second-order valence-electron chi connectivity index (χ2n) is 7.82. The van der Waals surface area contributed by atoms with Gasteiger partial charge in [-0.25, -0.2) is 14.6 Å². The molecule has 32 heavy (non-hydrogen) atoms. The van der Waals surface area contributed by atoms with Crippen molar-refractivity contribution in [2.75, 3.05) is 0 Å². The van der Waals surface area contributed by atoms with Crippen LogP contribution in [-0.4, -0.2) is 47.1 Å². The highest BCUT2D eigenvalue weighted by Gasteiger charge is 2.28. The molecule has 0 unspecified atom stereocenters. The van der Waals surface area contributed by atoms with Crippen molar-refractivity contribution in [3.63, 3.8) is 0 Å². The van der Waals surface area contributed by atoms with Crippen molar-refractivity contribution < 1.29 is 19.4 Å². The van der Waals surface area contributed by atoms with Gasteiger partial charge in [-0.15, -0.1) is 5.10 Å². The summed E-state index contributed by atoms with van der Waals surface area (Å²) in [4.78, 5) is 24.1. The molecule has 0 saturated heterocycles. The average Bonchev–Trinajstić information content (AvgIpc) is 3.18. The van der Waals surface area contributed by atoms with Crippen LogP contribution in [0.2, 0.25) is 0 Å². The van der Waals surface area contributed by atoms with Crippen molar-refractivity contribution in [1.82, 2.24) is 29.9 Å². The maximum atomic E-state index is 11.3. The number of ether oxygens (including phenoxy) is 2. The molecule has 10 nitrogen and oxygen atoms in total. The van der Waals surface area contributed by atoms with Crippen molar-refractivity contribution in [3.05, 3.63) is 42.1 Å². The van der Waals surface area contributed by atoms with Gasteiger partial charge < -0.3 is 14.6 Å². The number of rotatable bonds is 8. The molecule has 168 valence electrons. The molecule has 1 aliphatic rings. The summed E-state index contributed by atoms with van der Waals surface area (Å²) < 4.78 is 13.5. The summed E-state index contributed by atoms with van der Waals surface area (Å²) in [5.74, 6) is 0.0101. The Kier molecular flexibility index (Phi) is 6.58. The molecule has 1 aliphatic carbocycles. The van der Waals surface area contributed by atoms with E-state index in [9.17, 15) is 9.90 Å². The molecule has 0 bridgehead atoms. The van der Waals surface area contributed by atoms with E-state index in [0.717, 1.165) is 30.7 Å². The first kappa shape index (κ1) is 21.7. The Labute approximate surface area is 185 Å². The van der Waals surface area contributed by atoms with E-state index in [1.165, 1.54) is 6.33 Å². The number of carboxylic acid groups (broad SMARTS) is 1. The molecule has 0 amide bonds.